The minimum Gasteiger partial charge on any atom is -0.381 e. The minimum atomic E-state index is -0.0699. The van der Waals surface area contributed by atoms with Crippen molar-refractivity contribution in [2.75, 3.05) is 51.0 Å². The highest BCUT2D eigenvalue weighted by molar-refractivity contribution is 6.16. The number of carbonyl (C=O) groups excluding carboxylic acids is 1. The van der Waals surface area contributed by atoms with E-state index in [0.29, 0.717) is 31.2 Å². The number of amides is 1. The Labute approximate surface area is 168 Å². The molecule has 0 aromatic carbocycles. The number of anilines is 1. The second-order valence-electron chi connectivity index (χ2n) is 7.59. The first-order valence-corrected chi connectivity index (χ1v) is 10.3. The van der Waals surface area contributed by atoms with Gasteiger partial charge in [0.2, 0.25) is 0 Å². The lowest BCUT2D eigenvalue weighted by Gasteiger charge is -2.28. The molecule has 152 valence electrons. The van der Waals surface area contributed by atoms with Crippen LogP contribution < -0.4 is 10.2 Å². The molecular formula is C21H25N5O3. The van der Waals surface area contributed by atoms with Crippen molar-refractivity contribution in [3.63, 3.8) is 0 Å². The maximum absolute atomic E-state index is 13.4. The third-order valence-electron chi connectivity index (χ3n) is 5.83. The molecule has 5 rings (SSSR count). The van der Waals surface area contributed by atoms with Gasteiger partial charge in [-0.15, -0.1) is 0 Å². The number of rotatable bonds is 4. The predicted octanol–water partition coefficient (Wildman–Crippen LogP) is 1.88. The molecule has 8 heteroatoms. The Morgan fingerprint density at radius 2 is 1.90 bits per heavy atom. The fraction of sp³-hybridized carbons (Fsp3) is 0.476. The van der Waals surface area contributed by atoms with Crippen LogP contribution in [0.4, 0.5) is 5.82 Å². The monoisotopic (exact) mass is 395 g/mol. The summed E-state index contributed by atoms with van der Waals surface area (Å²) in [6.45, 7) is 5.02. The number of carbonyl (C=O) groups is 1. The van der Waals surface area contributed by atoms with E-state index in [2.05, 4.69) is 20.2 Å². The first kappa shape index (κ1) is 18.3. The van der Waals surface area contributed by atoms with Gasteiger partial charge < -0.3 is 24.1 Å². The molecule has 0 unspecified atom stereocenters. The summed E-state index contributed by atoms with van der Waals surface area (Å²) < 4.78 is 12.9. The number of pyridine rings is 1. The van der Waals surface area contributed by atoms with Crippen molar-refractivity contribution in [2.45, 2.75) is 12.8 Å². The van der Waals surface area contributed by atoms with Crippen LogP contribution in [0.25, 0.3) is 16.6 Å². The standard InChI is InChI=1S/C21H25N5O3/c27-21(22-13-15-4-9-28-10-5-15)17-16-3-1-2-6-26(16)20-18(17)19(23-14-24-20)25-7-11-29-12-8-25/h1-3,6,14-15H,4-5,7-13H2,(H,22,27). The Morgan fingerprint density at radius 3 is 2.72 bits per heavy atom. The van der Waals surface area contributed by atoms with Gasteiger partial charge in [0.15, 0.2) is 5.65 Å². The molecule has 2 aliphatic heterocycles. The van der Waals surface area contributed by atoms with Gasteiger partial charge in [-0.2, -0.15) is 0 Å². The van der Waals surface area contributed by atoms with Crippen molar-refractivity contribution in [1.82, 2.24) is 19.7 Å². The number of ether oxygens (including phenoxy) is 2. The third-order valence-corrected chi connectivity index (χ3v) is 5.83. The number of fused-ring (bicyclic) bond motifs is 3. The molecule has 3 aromatic rings. The molecule has 29 heavy (non-hydrogen) atoms. The van der Waals surface area contributed by atoms with Crippen molar-refractivity contribution in [1.29, 1.82) is 0 Å². The smallest absolute Gasteiger partial charge is 0.254 e. The molecule has 2 saturated heterocycles. The highest BCUT2D eigenvalue weighted by Gasteiger charge is 2.26. The normalized spacial score (nSPS) is 18.4. The Morgan fingerprint density at radius 1 is 1.10 bits per heavy atom. The van der Waals surface area contributed by atoms with Crippen LogP contribution in [-0.4, -0.2) is 66.3 Å². The molecular weight excluding hydrogens is 370 g/mol. The molecule has 1 N–H and O–H groups in total. The summed E-state index contributed by atoms with van der Waals surface area (Å²) in [5, 5.41) is 3.97. The molecule has 0 bridgehead atoms. The van der Waals surface area contributed by atoms with Crippen LogP contribution in [0.5, 0.6) is 0 Å². The maximum atomic E-state index is 13.4. The van der Waals surface area contributed by atoms with Gasteiger partial charge in [0.25, 0.3) is 5.91 Å². The minimum absolute atomic E-state index is 0.0699. The zero-order chi connectivity index (χ0) is 19.6. The molecule has 0 spiro atoms. The van der Waals surface area contributed by atoms with Gasteiger partial charge >= 0.3 is 0 Å². The largest absolute Gasteiger partial charge is 0.381 e. The van der Waals surface area contributed by atoms with E-state index < -0.39 is 0 Å². The van der Waals surface area contributed by atoms with Gasteiger partial charge in [0, 0.05) is 39.0 Å². The summed E-state index contributed by atoms with van der Waals surface area (Å²) in [6.07, 6.45) is 5.50. The molecule has 8 nitrogen and oxygen atoms in total. The van der Waals surface area contributed by atoms with Gasteiger partial charge in [-0.25, -0.2) is 9.97 Å². The van der Waals surface area contributed by atoms with Gasteiger partial charge in [-0.3, -0.25) is 4.79 Å². The molecule has 0 saturated carbocycles. The van der Waals surface area contributed by atoms with Gasteiger partial charge in [0.05, 0.1) is 29.7 Å². The lowest BCUT2D eigenvalue weighted by molar-refractivity contribution is 0.0643. The van der Waals surface area contributed by atoms with Crippen molar-refractivity contribution < 1.29 is 14.3 Å². The Bertz CT molecular complexity index is 1020. The number of nitrogens with one attached hydrogen (secondary N) is 1. The summed E-state index contributed by atoms with van der Waals surface area (Å²) in [5.74, 6) is 1.19. The SMILES string of the molecule is O=C(NCC1CCOCC1)c1c2c(N3CCOCC3)ncnc2n2ccccc12. The van der Waals surface area contributed by atoms with Crippen molar-refractivity contribution in [2.24, 2.45) is 5.92 Å². The van der Waals surface area contributed by atoms with Crippen molar-refractivity contribution >= 4 is 28.3 Å². The topological polar surface area (TPSA) is 81.0 Å². The Kier molecular flexibility index (Phi) is 5.03. The average Bonchev–Trinajstić information content (AvgIpc) is 3.13. The average molecular weight is 395 g/mol. The quantitative estimate of drug-likeness (QED) is 0.727. The van der Waals surface area contributed by atoms with Crippen LogP contribution in [0.15, 0.2) is 30.7 Å². The first-order valence-electron chi connectivity index (χ1n) is 10.3. The zero-order valence-electron chi connectivity index (χ0n) is 16.3. The maximum Gasteiger partial charge on any atom is 0.254 e. The van der Waals surface area contributed by atoms with Crippen LogP contribution in [0.2, 0.25) is 0 Å². The van der Waals surface area contributed by atoms with Gasteiger partial charge in [0.1, 0.15) is 12.1 Å². The van der Waals surface area contributed by atoms with E-state index in [-0.39, 0.29) is 5.91 Å². The van der Waals surface area contributed by atoms with Crippen LogP contribution in [-0.2, 0) is 9.47 Å². The van der Waals surface area contributed by atoms with E-state index in [9.17, 15) is 4.79 Å². The number of morpholine rings is 1. The summed E-state index contributed by atoms with van der Waals surface area (Å²) in [5.41, 5.74) is 2.25. The fourth-order valence-electron chi connectivity index (χ4n) is 4.25. The highest BCUT2D eigenvalue weighted by atomic mass is 16.5. The second-order valence-corrected chi connectivity index (χ2v) is 7.59. The Balaban J connectivity index is 1.57. The molecule has 2 fully saturated rings. The van der Waals surface area contributed by atoms with Crippen LogP contribution in [0.3, 0.4) is 0 Å². The van der Waals surface area contributed by atoms with E-state index in [0.717, 1.165) is 61.5 Å². The van der Waals surface area contributed by atoms with Crippen molar-refractivity contribution in [3.05, 3.63) is 36.3 Å². The van der Waals surface area contributed by atoms with E-state index in [4.69, 9.17) is 9.47 Å². The molecule has 3 aromatic heterocycles. The summed E-state index contributed by atoms with van der Waals surface area (Å²) >= 11 is 0. The van der Waals surface area contributed by atoms with Gasteiger partial charge in [-0.05, 0) is 30.9 Å². The molecule has 2 aliphatic rings. The van der Waals surface area contributed by atoms with E-state index in [1.807, 2.05) is 28.8 Å². The van der Waals surface area contributed by atoms with Crippen molar-refractivity contribution in [3.8, 4) is 0 Å². The van der Waals surface area contributed by atoms with Crippen LogP contribution >= 0.6 is 0 Å². The zero-order valence-corrected chi connectivity index (χ0v) is 16.3. The van der Waals surface area contributed by atoms with Crippen LogP contribution in [0.1, 0.15) is 23.2 Å². The van der Waals surface area contributed by atoms with E-state index in [1.165, 1.54) is 0 Å². The number of nitrogens with zero attached hydrogens (tertiary/aromatic N) is 4. The second kappa shape index (κ2) is 7.96. The number of hydrogen-bond acceptors (Lipinski definition) is 6. The summed E-state index contributed by atoms with van der Waals surface area (Å²) in [6, 6.07) is 5.87. The number of aromatic nitrogens is 3. The lowest BCUT2D eigenvalue weighted by atomic mass is 10.0. The molecule has 0 aliphatic carbocycles. The van der Waals surface area contributed by atoms with E-state index >= 15 is 0 Å². The summed E-state index contributed by atoms with van der Waals surface area (Å²) in [7, 11) is 0. The van der Waals surface area contributed by atoms with Gasteiger partial charge in [-0.1, -0.05) is 6.07 Å². The first-order chi connectivity index (χ1) is 14.3. The molecule has 1 amide bonds. The summed E-state index contributed by atoms with van der Waals surface area (Å²) in [4.78, 5) is 24.6. The van der Waals surface area contributed by atoms with Crippen LogP contribution in [0, 0.1) is 5.92 Å². The fourth-order valence-corrected chi connectivity index (χ4v) is 4.25. The predicted molar refractivity (Wildman–Crippen MR) is 109 cm³/mol. The van der Waals surface area contributed by atoms with E-state index in [1.54, 1.807) is 6.33 Å². The highest BCUT2D eigenvalue weighted by Crippen LogP contribution is 2.32. The molecule has 0 atom stereocenters. The molecule has 0 radical (unpaired) electrons. The lowest BCUT2D eigenvalue weighted by Crippen LogP contribution is -2.37. The third kappa shape index (κ3) is 3.42. The number of hydrogen-bond donors (Lipinski definition) is 1. The molecule has 5 heterocycles. The Hall–Kier alpha value is -2.71.